The van der Waals surface area contributed by atoms with Gasteiger partial charge in [0.1, 0.15) is 5.75 Å². The number of carboxylic acids is 1. The molecule has 0 aliphatic rings. The van der Waals surface area contributed by atoms with Gasteiger partial charge in [-0.25, -0.2) is 4.79 Å². The third-order valence-corrected chi connectivity index (χ3v) is 2.71. The van der Waals surface area contributed by atoms with Gasteiger partial charge >= 0.3 is 5.97 Å². The Morgan fingerprint density at radius 1 is 1.40 bits per heavy atom. The zero-order chi connectivity index (χ0) is 15.1. The Bertz CT molecular complexity index is 486. The summed E-state index contributed by atoms with van der Waals surface area (Å²) >= 11 is 0. The van der Waals surface area contributed by atoms with Crippen LogP contribution in [0.25, 0.3) is 0 Å². The molecule has 1 amide bonds. The SMILES string of the molecule is COCCNC(=O)C(C)Oc1cc(C(=O)O)ccc1C. The Labute approximate surface area is 117 Å². The zero-order valence-electron chi connectivity index (χ0n) is 11.8. The summed E-state index contributed by atoms with van der Waals surface area (Å²) in [7, 11) is 1.55. The van der Waals surface area contributed by atoms with Gasteiger partial charge in [0, 0.05) is 13.7 Å². The van der Waals surface area contributed by atoms with Crippen molar-refractivity contribution in [3.63, 3.8) is 0 Å². The van der Waals surface area contributed by atoms with E-state index in [0.717, 1.165) is 5.56 Å². The van der Waals surface area contributed by atoms with Crippen molar-refractivity contribution >= 4 is 11.9 Å². The lowest BCUT2D eigenvalue weighted by Crippen LogP contribution is -2.38. The Morgan fingerprint density at radius 3 is 2.70 bits per heavy atom. The molecule has 110 valence electrons. The van der Waals surface area contributed by atoms with Crippen LogP contribution in [0.15, 0.2) is 18.2 Å². The van der Waals surface area contributed by atoms with E-state index in [1.165, 1.54) is 12.1 Å². The van der Waals surface area contributed by atoms with Crippen LogP contribution < -0.4 is 10.1 Å². The number of carbonyl (C=O) groups is 2. The van der Waals surface area contributed by atoms with E-state index in [9.17, 15) is 9.59 Å². The number of aromatic carboxylic acids is 1. The molecule has 1 atom stereocenters. The molecule has 0 fully saturated rings. The van der Waals surface area contributed by atoms with E-state index < -0.39 is 12.1 Å². The van der Waals surface area contributed by atoms with E-state index in [1.54, 1.807) is 27.0 Å². The number of methoxy groups -OCH3 is 1. The molecule has 20 heavy (non-hydrogen) atoms. The average Bonchev–Trinajstić information content (AvgIpc) is 2.41. The van der Waals surface area contributed by atoms with Crippen LogP contribution >= 0.6 is 0 Å². The maximum Gasteiger partial charge on any atom is 0.335 e. The molecule has 1 unspecified atom stereocenters. The van der Waals surface area contributed by atoms with Gasteiger partial charge in [-0.05, 0) is 31.5 Å². The fourth-order valence-corrected chi connectivity index (χ4v) is 1.52. The summed E-state index contributed by atoms with van der Waals surface area (Å²) < 4.78 is 10.3. The third kappa shape index (κ3) is 4.55. The predicted octanol–water partition coefficient (Wildman–Crippen LogP) is 1.22. The molecule has 1 aromatic rings. The van der Waals surface area contributed by atoms with Crippen LogP contribution in [-0.2, 0) is 9.53 Å². The van der Waals surface area contributed by atoms with Crippen molar-refractivity contribution in [1.82, 2.24) is 5.32 Å². The molecule has 0 heterocycles. The third-order valence-electron chi connectivity index (χ3n) is 2.71. The largest absolute Gasteiger partial charge is 0.481 e. The number of rotatable bonds is 7. The summed E-state index contributed by atoms with van der Waals surface area (Å²) in [5.74, 6) is -0.923. The highest BCUT2D eigenvalue weighted by Gasteiger charge is 2.16. The maximum absolute atomic E-state index is 11.7. The van der Waals surface area contributed by atoms with Gasteiger partial charge in [-0.3, -0.25) is 4.79 Å². The van der Waals surface area contributed by atoms with Crippen molar-refractivity contribution in [3.05, 3.63) is 29.3 Å². The van der Waals surface area contributed by atoms with Crippen molar-refractivity contribution in [2.75, 3.05) is 20.3 Å². The Hall–Kier alpha value is -2.08. The number of nitrogens with one attached hydrogen (secondary N) is 1. The summed E-state index contributed by atoms with van der Waals surface area (Å²) in [6, 6.07) is 4.55. The second-order valence-corrected chi connectivity index (χ2v) is 4.33. The van der Waals surface area contributed by atoms with E-state index in [2.05, 4.69) is 5.32 Å². The first-order valence-electron chi connectivity index (χ1n) is 6.23. The predicted molar refractivity (Wildman–Crippen MR) is 73.1 cm³/mol. The summed E-state index contributed by atoms with van der Waals surface area (Å²) in [6.45, 7) is 4.22. The topological polar surface area (TPSA) is 84.9 Å². The lowest BCUT2D eigenvalue weighted by atomic mass is 10.1. The molecular weight excluding hydrogens is 262 g/mol. The van der Waals surface area contributed by atoms with Crippen molar-refractivity contribution in [3.8, 4) is 5.75 Å². The number of benzene rings is 1. The van der Waals surface area contributed by atoms with E-state index in [4.69, 9.17) is 14.6 Å². The second kappa shape index (κ2) is 7.49. The summed E-state index contributed by atoms with van der Waals surface area (Å²) in [6.07, 6.45) is -0.713. The van der Waals surface area contributed by atoms with Crippen LogP contribution in [0.3, 0.4) is 0 Å². The minimum Gasteiger partial charge on any atom is -0.481 e. The molecular formula is C14H19NO5. The van der Waals surface area contributed by atoms with Crippen molar-refractivity contribution in [2.45, 2.75) is 20.0 Å². The number of hydrogen-bond donors (Lipinski definition) is 2. The lowest BCUT2D eigenvalue weighted by Gasteiger charge is -2.16. The molecule has 0 spiro atoms. The van der Waals surface area contributed by atoms with Crippen LogP contribution in [0.5, 0.6) is 5.75 Å². The van der Waals surface area contributed by atoms with Gasteiger partial charge < -0.3 is 19.9 Å². The van der Waals surface area contributed by atoms with E-state index in [0.29, 0.717) is 18.9 Å². The standard InChI is InChI=1S/C14H19NO5/c1-9-4-5-11(14(17)18)8-12(9)20-10(2)13(16)15-6-7-19-3/h4-5,8,10H,6-7H2,1-3H3,(H,15,16)(H,17,18). The van der Waals surface area contributed by atoms with E-state index >= 15 is 0 Å². The number of carboxylic acid groups (broad SMARTS) is 1. The number of carbonyl (C=O) groups excluding carboxylic acids is 1. The van der Waals surface area contributed by atoms with Gasteiger partial charge in [-0.1, -0.05) is 6.07 Å². The quantitative estimate of drug-likeness (QED) is 0.734. The maximum atomic E-state index is 11.7. The van der Waals surface area contributed by atoms with Crippen LogP contribution in [0.4, 0.5) is 0 Å². The number of ether oxygens (including phenoxy) is 2. The van der Waals surface area contributed by atoms with E-state index in [1.807, 2.05) is 0 Å². The van der Waals surface area contributed by atoms with Gasteiger partial charge in [0.05, 0.1) is 12.2 Å². The highest BCUT2D eigenvalue weighted by atomic mass is 16.5. The van der Waals surface area contributed by atoms with Crippen LogP contribution in [0.1, 0.15) is 22.8 Å². The minimum absolute atomic E-state index is 0.123. The van der Waals surface area contributed by atoms with Crippen LogP contribution in [0, 0.1) is 6.92 Å². The monoisotopic (exact) mass is 281 g/mol. The highest BCUT2D eigenvalue weighted by molar-refractivity contribution is 5.88. The van der Waals surface area contributed by atoms with Gasteiger partial charge in [0.15, 0.2) is 6.10 Å². The Kier molecular flexibility index (Phi) is 5.99. The molecule has 0 radical (unpaired) electrons. The number of hydrogen-bond acceptors (Lipinski definition) is 4. The average molecular weight is 281 g/mol. The number of amides is 1. The molecule has 0 aliphatic carbocycles. The molecule has 1 aromatic carbocycles. The van der Waals surface area contributed by atoms with Gasteiger partial charge in [0.25, 0.3) is 5.91 Å². The van der Waals surface area contributed by atoms with Crippen molar-refractivity contribution in [2.24, 2.45) is 0 Å². The first-order chi connectivity index (χ1) is 9.45. The Morgan fingerprint density at radius 2 is 2.10 bits per heavy atom. The molecule has 2 N–H and O–H groups in total. The first kappa shape index (κ1) is 16.0. The summed E-state index contributed by atoms with van der Waals surface area (Å²) in [4.78, 5) is 22.7. The van der Waals surface area contributed by atoms with Crippen molar-refractivity contribution in [1.29, 1.82) is 0 Å². The molecule has 0 saturated carbocycles. The normalized spacial score (nSPS) is 11.8. The number of aryl methyl sites for hydroxylation is 1. The van der Waals surface area contributed by atoms with Crippen LogP contribution in [-0.4, -0.2) is 43.3 Å². The molecule has 0 aliphatic heterocycles. The van der Waals surface area contributed by atoms with Crippen molar-refractivity contribution < 1.29 is 24.2 Å². The minimum atomic E-state index is -1.04. The fourth-order valence-electron chi connectivity index (χ4n) is 1.52. The fraction of sp³-hybridized carbons (Fsp3) is 0.429. The summed E-state index contributed by atoms with van der Waals surface area (Å²) in [5.41, 5.74) is 0.893. The van der Waals surface area contributed by atoms with Gasteiger partial charge in [0.2, 0.25) is 0 Å². The first-order valence-corrected chi connectivity index (χ1v) is 6.23. The molecule has 6 heteroatoms. The zero-order valence-corrected chi connectivity index (χ0v) is 11.8. The van der Waals surface area contributed by atoms with E-state index in [-0.39, 0.29) is 11.5 Å². The highest BCUT2D eigenvalue weighted by Crippen LogP contribution is 2.21. The molecule has 1 rings (SSSR count). The summed E-state index contributed by atoms with van der Waals surface area (Å²) in [5, 5.41) is 11.6. The van der Waals surface area contributed by atoms with Crippen LogP contribution in [0.2, 0.25) is 0 Å². The smallest absolute Gasteiger partial charge is 0.335 e. The molecule has 0 aromatic heterocycles. The van der Waals surface area contributed by atoms with Gasteiger partial charge in [-0.2, -0.15) is 0 Å². The molecule has 0 bridgehead atoms. The second-order valence-electron chi connectivity index (χ2n) is 4.33. The Balaban J connectivity index is 2.69. The molecule has 0 saturated heterocycles. The lowest BCUT2D eigenvalue weighted by molar-refractivity contribution is -0.127. The molecule has 6 nitrogen and oxygen atoms in total. The van der Waals surface area contributed by atoms with Gasteiger partial charge in [-0.15, -0.1) is 0 Å².